The Morgan fingerprint density at radius 1 is 1.75 bits per heavy atom. The molecule has 0 saturated heterocycles. The van der Waals surface area contributed by atoms with E-state index in [4.69, 9.17) is 9.52 Å². The summed E-state index contributed by atoms with van der Waals surface area (Å²) >= 11 is 1.34. The molecule has 1 rings (SSSR count). The molecule has 0 spiro atoms. The Balaban J connectivity index is 2.33. The Morgan fingerprint density at radius 2 is 2.50 bits per heavy atom. The molecular weight excluding hydrogens is 176 g/mol. The molecule has 12 heavy (non-hydrogen) atoms. The van der Waals surface area contributed by atoms with Crippen LogP contribution in [0.1, 0.15) is 11.3 Å². The number of aryl methyl sites for hydroxylation is 1. The molecule has 1 aromatic heterocycles. The van der Waals surface area contributed by atoms with Gasteiger partial charge in [0.15, 0.2) is 0 Å². The third kappa shape index (κ3) is 2.62. The zero-order valence-electron chi connectivity index (χ0n) is 6.74. The van der Waals surface area contributed by atoms with Crippen molar-refractivity contribution in [2.45, 2.75) is 12.7 Å². The molecule has 66 valence electrons. The van der Waals surface area contributed by atoms with Gasteiger partial charge in [0.2, 0.25) is 0 Å². The molecule has 0 aromatic carbocycles. The predicted molar refractivity (Wildman–Crippen MR) is 47.2 cm³/mol. The van der Waals surface area contributed by atoms with Crippen LogP contribution < -0.4 is 0 Å². The molecule has 4 heteroatoms. The second kappa shape index (κ2) is 4.21. The van der Waals surface area contributed by atoms with E-state index >= 15 is 0 Å². The molecule has 0 atom stereocenters. The van der Waals surface area contributed by atoms with Crippen LogP contribution in [0.5, 0.6) is 0 Å². The van der Waals surface area contributed by atoms with Crippen LogP contribution in [0.15, 0.2) is 16.7 Å². The van der Waals surface area contributed by atoms with Crippen molar-refractivity contribution in [1.82, 2.24) is 0 Å². The minimum Gasteiger partial charge on any atom is -0.481 e. The van der Waals surface area contributed by atoms with E-state index in [2.05, 4.69) is 0 Å². The van der Waals surface area contributed by atoms with Gasteiger partial charge in [-0.25, -0.2) is 0 Å². The van der Waals surface area contributed by atoms with Crippen molar-refractivity contribution in [3.63, 3.8) is 0 Å². The number of carboxylic acids is 1. The molecule has 0 fully saturated rings. The summed E-state index contributed by atoms with van der Waals surface area (Å²) in [5.41, 5.74) is 1.08. The van der Waals surface area contributed by atoms with Crippen LogP contribution in [0.25, 0.3) is 0 Å². The van der Waals surface area contributed by atoms with E-state index in [1.54, 1.807) is 6.26 Å². The van der Waals surface area contributed by atoms with Crippen molar-refractivity contribution < 1.29 is 14.3 Å². The first-order valence-corrected chi connectivity index (χ1v) is 4.68. The minimum absolute atomic E-state index is 0.125. The van der Waals surface area contributed by atoms with E-state index in [0.29, 0.717) is 5.75 Å². The fraction of sp³-hybridized carbons (Fsp3) is 0.375. The van der Waals surface area contributed by atoms with Crippen LogP contribution in [-0.2, 0) is 10.5 Å². The highest BCUT2D eigenvalue weighted by molar-refractivity contribution is 7.99. The fourth-order valence-corrected chi connectivity index (χ4v) is 1.54. The van der Waals surface area contributed by atoms with Crippen molar-refractivity contribution >= 4 is 17.7 Å². The highest BCUT2D eigenvalue weighted by Crippen LogP contribution is 2.16. The Morgan fingerprint density at radius 3 is 3.00 bits per heavy atom. The Hall–Kier alpha value is -0.900. The van der Waals surface area contributed by atoms with Gasteiger partial charge in [-0.05, 0) is 18.6 Å². The van der Waals surface area contributed by atoms with E-state index < -0.39 is 5.97 Å². The summed E-state index contributed by atoms with van der Waals surface area (Å²) in [5.74, 6) is 0.830. The van der Waals surface area contributed by atoms with Crippen LogP contribution in [-0.4, -0.2) is 16.8 Å². The highest BCUT2D eigenvalue weighted by Gasteiger charge is 2.03. The lowest BCUT2D eigenvalue weighted by Crippen LogP contribution is -1.98. The Kier molecular flexibility index (Phi) is 3.22. The molecule has 0 radical (unpaired) electrons. The van der Waals surface area contributed by atoms with E-state index in [9.17, 15) is 4.79 Å². The maximum Gasteiger partial charge on any atom is 0.313 e. The van der Waals surface area contributed by atoms with Crippen LogP contribution in [0.3, 0.4) is 0 Å². The highest BCUT2D eigenvalue weighted by atomic mass is 32.2. The summed E-state index contributed by atoms with van der Waals surface area (Å²) < 4.78 is 5.13. The number of hydrogen-bond acceptors (Lipinski definition) is 3. The molecule has 1 aromatic rings. The molecule has 0 aliphatic carbocycles. The van der Waals surface area contributed by atoms with Crippen molar-refractivity contribution in [1.29, 1.82) is 0 Å². The van der Waals surface area contributed by atoms with Gasteiger partial charge in [0, 0.05) is 0 Å². The molecule has 1 N–H and O–H groups in total. The van der Waals surface area contributed by atoms with Crippen LogP contribution in [0.4, 0.5) is 0 Å². The maximum absolute atomic E-state index is 10.2. The van der Waals surface area contributed by atoms with Gasteiger partial charge < -0.3 is 9.52 Å². The van der Waals surface area contributed by atoms with Gasteiger partial charge in [-0.1, -0.05) is 0 Å². The van der Waals surface area contributed by atoms with E-state index in [1.807, 2.05) is 13.0 Å². The zero-order chi connectivity index (χ0) is 8.97. The first-order valence-electron chi connectivity index (χ1n) is 3.52. The average Bonchev–Trinajstić information content (AvgIpc) is 2.36. The molecule has 3 nitrogen and oxygen atoms in total. The standard InChI is InChI=1S/C8H10O3S/c1-6-2-3-11-7(6)4-12-5-8(9)10/h2-3H,4-5H2,1H3,(H,9,10). The van der Waals surface area contributed by atoms with Crippen molar-refractivity contribution in [2.75, 3.05) is 5.75 Å². The van der Waals surface area contributed by atoms with E-state index in [0.717, 1.165) is 11.3 Å². The molecular formula is C8H10O3S. The number of hydrogen-bond donors (Lipinski definition) is 1. The summed E-state index contributed by atoms with van der Waals surface area (Å²) in [6, 6.07) is 1.87. The molecule has 0 bridgehead atoms. The first kappa shape index (κ1) is 9.19. The summed E-state index contributed by atoms with van der Waals surface area (Å²) in [6.07, 6.45) is 1.62. The van der Waals surface area contributed by atoms with Crippen LogP contribution in [0, 0.1) is 6.92 Å². The second-order valence-corrected chi connectivity index (χ2v) is 3.40. The Labute approximate surface area is 74.8 Å². The second-order valence-electron chi connectivity index (χ2n) is 2.41. The van der Waals surface area contributed by atoms with Crippen molar-refractivity contribution in [3.05, 3.63) is 23.7 Å². The smallest absolute Gasteiger partial charge is 0.313 e. The SMILES string of the molecule is Cc1ccoc1CSCC(=O)O. The van der Waals surface area contributed by atoms with E-state index in [-0.39, 0.29) is 5.75 Å². The lowest BCUT2D eigenvalue weighted by Gasteiger charge is -1.95. The molecule has 1 heterocycles. The molecule has 0 unspecified atom stereocenters. The molecule has 0 saturated carbocycles. The van der Waals surface area contributed by atoms with Gasteiger partial charge in [0.05, 0.1) is 17.8 Å². The van der Waals surface area contributed by atoms with Crippen LogP contribution in [0.2, 0.25) is 0 Å². The van der Waals surface area contributed by atoms with Crippen molar-refractivity contribution in [3.8, 4) is 0 Å². The van der Waals surface area contributed by atoms with Gasteiger partial charge in [-0.15, -0.1) is 11.8 Å². The fourth-order valence-electron chi connectivity index (χ4n) is 0.783. The first-order chi connectivity index (χ1) is 5.70. The number of furan rings is 1. The molecule has 0 aliphatic heterocycles. The number of thioether (sulfide) groups is 1. The van der Waals surface area contributed by atoms with E-state index in [1.165, 1.54) is 11.8 Å². The lowest BCUT2D eigenvalue weighted by atomic mass is 10.3. The third-order valence-corrected chi connectivity index (χ3v) is 2.34. The van der Waals surface area contributed by atoms with Gasteiger partial charge in [-0.2, -0.15) is 0 Å². The summed E-state index contributed by atoms with van der Waals surface area (Å²) in [4.78, 5) is 10.2. The van der Waals surface area contributed by atoms with Gasteiger partial charge in [0.1, 0.15) is 5.76 Å². The number of aliphatic carboxylic acids is 1. The summed E-state index contributed by atoms with van der Waals surface area (Å²) in [6.45, 7) is 1.94. The van der Waals surface area contributed by atoms with Crippen molar-refractivity contribution in [2.24, 2.45) is 0 Å². The molecule has 0 aliphatic rings. The van der Waals surface area contributed by atoms with Gasteiger partial charge in [-0.3, -0.25) is 4.79 Å². The predicted octanol–water partition coefficient (Wildman–Crippen LogP) is 1.91. The third-order valence-electron chi connectivity index (χ3n) is 1.43. The summed E-state index contributed by atoms with van der Waals surface area (Å²) in [5, 5.41) is 8.36. The van der Waals surface area contributed by atoms with Gasteiger partial charge >= 0.3 is 5.97 Å². The average molecular weight is 186 g/mol. The Bertz CT molecular complexity index is 267. The normalized spacial score (nSPS) is 10.1. The number of carboxylic acid groups (broad SMARTS) is 1. The lowest BCUT2D eigenvalue weighted by molar-refractivity contribution is -0.133. The minimum atomic E-state index is -0.788. The maximum atomic E-state index is 10.2. The number of rotatable bonds is 4. The van der Waals surface area contributed by atoms with Gasteiger partial charge in [0.25, 0.3) is 0 Å². The van der Waals surface area contributed by atoms with Crippen LogP contribution >= 0.6 is 11.8 Å². The topological polar surface area (TPSA) is 50.4 Å². The largest absolute Gasteiger partial charge is 0.481 e. The number of carbonyl (C=O) groups is 1. The molecule has 0 amide bonds. The quantitative estimate of drug-likeness (QED) is 0.780. The monoisotopic (exact) mass is 186 g/mol. The summed E-state index contributed by atoms with van der Waals surface area (Å²) in [7, 11) is 0. The zero-order valence-corrected chi connectivity index (χ0v) is 7.56.